The molecular weight excluding hydrogens is 202 g/mol. The zero-order valence-corrected chi connectivity index (χ0v) is 10.2. The van der Waals surface area contributed by atoms with Crippen LogP contribution in [0.15, 0.2) is 0 Å². The summed E-state index contributed by atoms with van der Waals surface area (Å²) in [5, 5.41) is 6.71. The molecule has 0 bridgehead atoms. The summed E-state index contributed by atoms with van der Waals surface area (Å²) in [5.41, 5.74) is 0. The summed E-state index contributed by atoms with van der Waals surface area (Å²) < 4.78 is 0. The highest BCUT2D eigenvalue weighted by atomic mass is 16.2. The van der Waals surface area contributed by atoms with Crippen molar-refractivity contribution in [2.24, 2.45) is 5.92 Å². The van der Waals surface area contributed by atoms with Gasteiger partial charge in [-0.25, -0.2) is 0 Å². The lowest BCUT2D eigenvalue weighted by molar-refractivity contribution is -0.135. The van der Waals surface area contributed by atoms with Crippen molar-refractivity contribution >= 4 is 5.91 Å². The van der Waals surface area contributed by atoms with E-state index in [9.17, 15) is 4.79 Å². The van der Waals surface area contributed by atoms with Gasteiger partial charge in [-0.1, -0.05) is 6.92 Å². The molecule has 2 aliphatic rings. The van der Waals surface area contributed by atoms with Crippen LogP contribution in [0.5, 0.6) is 0 Å². The maximum absolute atomic E-state index is 12.4. The van der Waals surface area contributed by atoms with Gasteiger partial charge in [0.1, 0.15) is 0 Å². The Morgan fingerprint density at radius 3 is 2.88 bits per heavy atom. The summed E-state index contributed by atoms with van der Waals surface area (Å²) in [6, 6.07) is 0.0619. The standard InChI is InChI=1S/C12H23N3O/c1-10-4-2-6-14-11(10)12(16)15-8-3-5-13-7-9-15/h10-11,13-14H,2-9H2,1H3. The number of amides is 1. The molecule has 0 aromatic rings. The first-order valence-corrected chi connectivity index (χ1v) is 6.52. The quantitative estimate of drug-likeness (QED) is 0.670. The molecule has 2 fully saturated rings. The van der Waals surface area contributed by atoms with Crippen molar-refractivity contribution in [2.75, 3.05) is 32.7 Å². The molecule has 0 spiro atoms. The highest BCUT2D eigenvalue weighted by Gasteiger charge is 2.30. The Morgan fingerprint density at radius 2 is 2.06 bits per heavy atom. The van der Waals surface area contributed by atoms with E-state index in [2.05, 4.69) is 17.6 Å². The second kappa shape index (κ2) is 5.64. The minimum Gasteiger partial charge on any atom is -0.340 e. The maximum atomic E-state index is 12.4. The van der Waals surface area contributed by atoms with Crippen molar-refractivity contribution in [2.45, 2.75) is 32.2 Å². The maximum Gasteiger partial charge on any atom is 0.240 e. The summed E-state index contributed by atoms with van der Waals surface area (Å²) in [6.45, 7) is 6.93. The SMILES string of the molecule is CC1CCCNC1C(=O)N1CCCNCC1. The number of carbonyl (C=O) groups is 1. The summed E-state index contributed by atoms with van der Waals surface area (Å²) in [5.74, 6) is 0.799. The predicted octanol–water partition coefficient (Wildman–Crippen LogP) is 0.196. The van der Waals surface area contributed by atoms with E-state index in [-0.39, 0.29) is 6.04 Å². The number of carbonyl (C=O) groups excluding carboxylic acids is 1. The number of piperidine rings is 1. The van der Waals surface area contributed by atoms with E-state index in [1.807, 2.05) is 4.90 Å². The third-order valence-corrected chi connectivity index (χ3v) is 3.69. The third-order valence-electron chi connectivity index (χ3n) is 3.69. The number of nitrogens with one attached hydrogen (secondary N) is 2. The first-order chi connectivity index (χ1) is 7.79. The average molecular weight is 225 g/mol. The van der Waals surface area contributed by atoms with E-state index in [1.54, 1.807) is 0 Å². The first kappa shape index (κ1) is 11.9. The smallest absolute Gasteiger partial charge is 0.240 e. The third kappa shape index (κ3) is 2.74. The Bertz CT molecular complexity index is 236. The fourth-order valence-electron chi connectivity index (χ4n) is 2.64. The molecule has 2 aliphatic heterocycles. The van der Waals surface area contributed by atoms with E-state index in [1.165, 1.54) is 12.8 Å². The Kier molecular flexibility index (Phi) is 4.18. The monoisotopic (exact) mass is 225 g/mol. The molecule has 0 radical (unpaired) electrons. The van der Waals surface area contributed by atoms with Gasteiger partial charge in [-0.05, 0) is 38.3 Å². The van der Waals surface area contributed by atoms with Gasteiger partial charge in [0.2, 0.25) is 5.91 Å². The van der Waals surface area contributed by atoms with Crippen LogP contribution in [0.1, 0.15) is 26.2 Å². The van der Waals surface area contributed by atoms with Crippen molar-refractivity contribution in [3.63, 3.8) is 0 Å². The summed E-state index contributed by atoms with van der Waals surface area (Å²) in [4.78, 5) is 14.4. The average Bonchev–Trinajstić information content (AvgIpc) is 2.57. The van der Waals surface area contributed by atoms with Gasteiger partial charge < -0.3 is 15.5 Å². The summed E-state index contributed by atoms with van der Waals surface area (Å²) >= 11 is 0. The van der Waals surface area contributed by atoms with Gasteiger partial charge >= 0.3 is 0 Å². The predicted molar refractivity (Wildman–Crippen MR) is 64.3 cm³/mol. The zero-order chi connectivity index (χ0) is 11.4. The molecule has 92 valence electrons. The van der Waals surface area contributed by atoms with Crippen LogP contribution in [0.3, 0.4) is 0 Å². The topological polar surface area (TPSA) is 44.4 Å². The molecule has 4 heteroatoms. The summed E-state index contributed by atoms with van der Waals surface area (Å²) in [7, 11) is 0. The van der Waals surface area contributed by atoms with Gasteiger partial charge in [0, 0.05) is 19.6 Å². The Morgan fingerprint density at radius 1 is 1.19 bits per heavy atom. The molecule has 2 rings (SSSR count). The second-order valence-electron chi connectivity index (χ2n) is 4.98. The highest BCUT2D eigenvalue weighted by molar-refractivity contribution is 5.82. The van der Waals surface area contributed by atoms with Crippen LogP contribution in [-0.2, 0) is 4.79 Å². The minimum absolute atomic E-state index is 0.0619. The van der Waals surface area contributed by atoms with Crippen LogP contribution in [-0.4, -0.2) is 49.6 Å². The zero-order valence-electron chi connectivity index (χ0n) is 10.2. The molecule has 0 saturated carbocycles. The van der Waals surface area contributed by atoms with Crippen LogP contribution in [0.2, 0.25) is 0 Å². The molecule has 2 N–H and O–H groups in total. The number of rotatable bonds is 1. The molecule has 0 aliphatic carbocycles. The Balaban J connectivity index is 1.93. The van der Waals surface area contributed by atoms with E-state index >= 15 is 0 Å². The van der Waals surface area contributed by atoms with Gasteiger partial charge in [-0.15, -0.1) is 0 Å². The van der Waals surface area contributed by atoms with Crippen LogP contribution in [0.4, 0.5) is 0 Å². The lowest BCUT2D eigenvalue weighted by Gasteiger charge is -2.33. The van der Waals surface area contributed by atoms with Crippen LogP contribution < -0.4 is 10.6 Å². The lowest BCUT2D eigenvalue weighted by Crippen LogP contribution is -2.52. The van der Waals surface area contributed by atoms with Crippen LogP contribution in [0, 0.1) is 5.92 Å². The number of hydrogen-bond acceptors (Lipinski definition) is 3. The van der Waals surface area contributed by atoms with E-state index in [4.69, 9.17) is 0 Å². The number of hydrogen-bond donors (Lipinski definition) is 2. The fourth-order valence-corrected chi connectivity index (χ4v) is 2.64. The lowest BCUT2D eigenvalue weighted by atomic mass is 9.92. The molecule has 16 heavy (non-hydrogen) atoms. The Labute approximate surface area is 97.8 Å². The minimum atomic E-state index is 0.0619. The molecule has 2 saturated heterocycles. The van der Waals surface area contributed by atoms with Crippen molar-refractivity contribution in [1.29, 1.82) is 0 Å². The molecule has 2 atom stereocenters. The Hall–Kier alpha value is -0.610. The molecule has 0 aromatic heterocycles. The molecular formula is C12H23N3O. The molecule has 4 nitrogen and oxygen atoms in total. The van der Waals surface area contributed by atoms with Gasteiger partial charge in [0.05, 0.1) is 6.04 Å². The molecule has 2 unspecified atom stereocenters. The van der Waals surface area contributed by atoms with E-state index in [0.29, 0.717) is 11.8 Å². The number of nitrogens with zero attached hydrogens (tertiary/aromatic N) is 1. The largest absolute Gasteiger partial charge is 0.340 e. The van der Waals surface area contributed by atoms with E-state index < -0.39 is 0 Å². The first-order valence-electron chi connectivity index (χ1n) is 6.52. The van der Waals surface area contributed by atoms with Crippen molar-refractivity contribution < 1.29 is 4.79 Å². The van der Waals surface area contributed by atoms with E-state index in [0.717, 1.165) is 39.1 Å². The van der Waals surface area contributed by atoms with Crippen LogP contribution in [0.25, 0.3) is 0 Å². The van der Waals surface area contributed by atoms with Crippen LogP contribution >= 0.6 is 0 Å². The molecule has 1 amide bonds. The molecule has 0 aromatic carbocycles. The van der Waals surface area contributed by atoms with Crippen molar-refractivity contribution in [3.8, 4) is 0 Å². The normalized spacial score (nSPS) is 32.2. The highest BCUT2D eigenvalue weighted by Crippen LogP contribution is 2.17. The van der Waals surface area contributed by atoms with Crippen molar-refractivity contribution in [1.82, 2.24) is 15.5 Å². The fraction of sp³-hybridized carbons (Fsp3) is 0.917. The van der Waals surface area contributed by atoms with Gasteiger partial charge in [0.15, 0.2) is 0 Å². The van der Waals surface area contributed by atoms with Crippen molar-refractivity contribution in [3.05, 3.63) is 0 Å². The van der Waals surface area contributed by atoms with Gasteiger partial charge in [0.25, 0.3) is 0 Å². The summed E-state index contributed by atoms with van der Waals surface area (Å²) in [6.07, 6.45) is 3.45. The second-order valence-corrected chi connectivity index (χ2v) is 4.98. The molecule has 2 heterocycles. The van der Waals surface area contributed by atoms with Gasteiger partial charge in [-0.2, -0.15) is 0 Å². The van der Waals surface area contributed by atoms with Gasteiger partial charge in [-0.3, -0.25) is 4.79 Å².